The lowest BCUT2D eigenvalue weighted by atomic mass is 10.1. The molecule has 0 unspecified atom stereocenters. The molecule has 3 aromatic carbocycles. The molecule has 160 valence electrons. The zero-order valence-corrected chi connectivity index (χ0v) is 17.6. The molecule has 6 heteroatoms. The SMILES string of the molecule is COc1ccc(COc2ccc(C(=O)/C=C/c3c(OC)cc(O)cc3OC)cc2)cc1. The fourth-order valence-electron chi connectivity index (χ4n) is 2.95. The van der Waals surface area contributed by atoms with Crippen LogP contribution in [0.1, 0.15) is 21.5 Å². The van der Waals surface area contributed by atoms with Gasteiger partial charge < -0.3 is 24.1 Å². The Labute approximate surface area is 181 Å². The lowest BCUT2D eigenvalue weighted by Gasteiger charge is -2.10. The number of benzene rings is 3. The Morgan fingerprint density at radius 1 is 0.839 bits per heavy atom. The monoisotopic (exact) mass is 420 g/mol. The smallest absolute Gasteiger partial charge is 0.185 e. The zero-order valence-electron chi connectivity index (χ0n) is 17.6. The second kappa shape index (κ2) is 10.2. The third kappa shape index (κ3) is 5.57. The number of ether oxygens (including phenoxy) is 4. The number of hydrogen-bond acceptors (Lipinski definition) is 6. The van der Waals surface area contributed by atoms with Gasteiger partial charge in [0.25, 0.3) is 0 Å². The maximum Gasteiger partial charge on any atom is 0.185 e. The summed E-state index contributed by atoms with van der Waals surface area (Å²) in [7, 11) is 4.59. The van der Waals surface area contributed by atoms with Crippen LogP contribution in [0.3, 0.4) is 0 Å². The third-order valence-corrected chi connectivity index (χ3v) is 4.63. The Kier molecular flexibility index (Phi) is 7.17. The largest absolute Gasteiger partial charge is 0.508 e. The van der Waals surface area contributed by atoms with E-state index in [9.17, 15) is 9.90 Å². The highest BCUT2D eigenvalue weighted by Crippen LogP contribution is 2.34. The van der Waals surface area contributed by atoms with Crippen LogP contribution >= 0.6 is 0 Å². The van der Waals surface area contributed by atoms with E-state index in [0.29, 0.717) is 35.0 Å². The highest BCUT2D eigenvalue weighted by atomic mass is 16.5. The summed E-state index contributed by atoms with van der Waals surface area (Å²) in [6, 6.07) is 17.5. The number of methoxy groups -OCH3 is 3. The first-order chi connectivity index (χ1) is 15.0. The Bertz CT molecular complexity index is 1030. The number of allylic oxidation sites excluding steroid dienone is 1. The molecule has 0 spiro atoms. The summed E-state index contributed by atoms with van der Waals surface area (Å²) in [6.45, 7) is 0.414. The Morgan fingerprint density at radius 2 is 1.42 bits per heavy atom. The molecule has 0 aliphatic heterocycles. The number of hydrogen-bond donors (Lipinski definition) is 1. The molecule has 0 amide bonds. The summed E-state index contributed by atoms with van der Waals surface area (Å²) < 4.78 is 21.5. The molecule has 3 rings (SSSR count). The van der Waals surface area contributed by atoms with Crippen LogP contribution in [0.25, 0.3) is 6.08 Å². The van der Waals surface area contributed by atoms with E-state index < -0.39 is 0 Å². The summed E-state index contributed by atoms with van der Waals surface area (Å²) in [5.74, 6) is 2.10. The van der Waals surface area contributed by atoms with Gasteiger partial charge in [0.2, 0.25) is 0 Å². The molecule has 0 aliphatic rings. The molecule has 6 nitrogen and oxygen atoms in total. The Hall–Kier alpha value is -3.93. The number of carbonyl (C=O) groups is 1. The van der Waals surface area contributed by atoms with Crippen molar-refractivity contribution in [3.05, 3.63) is 83.4 Å². The second-order valence-electron chi connectivity index (χ2n) is 6.62. The standard InChI is InChI=1S/C25H24O6/c1-28-20-8-4-17(5-9-20)16-31-21-10-6-18(7-11-21)23(27)13-12-22-24(29-2)14-19(26)15-25(22)30-3/h4-15,26H,16H2,1-3H3/b13-12+. The van der Waals surface area contributed by atoms with Gasteiger partial charge in [-0.2, -0.15) is 0 Å². The number of phenols is 1. The maximum atomic E-state index is 12.6. The molecule has 0 bridgehead atoms. The van der Waals surface area contributed by atoms with Crippen LogP contribution in [0.4, 0.5) is 0 Å². The van der Waals surface area contributed by atoms with Gasteiger partial charge in [-0.3, -0.25) is 4.79 Å². The van der Waals surface area contributed by atoms with Gasteiger partial charge in [0.05, 0.1) is 26.9 Å². The van der Waals surface area contributed by atoms with Crippen molar-refractivity contribution in [3.63, 3.8) is 0 Å². The number of ketones is 1. The Balaban J connectivity index is 1.66. The lowest BCUT2D eigenvalue weighted by Crippen LogP contribution is -1.98. The summed E-state index contributed by atoms with van der Waals surface area (Å²) >= 11 is 0. The van der Waals surface area contributed by atoms with Gasteiger partial charge >= 0.3 is 0 Å². The minimum absolute atomic E-state index is 0.0161. The minimum Gasteiger partial charge on any atom is -0.508 e. The zero-order chi connectivity index (χ0) is 22.2. The van der Waals surface area contributed by atoms with Gasteiger partial charge in [-0.05, 0) is 54.1 Å². The van der Waals surface area contributed by atoms with Crippen LogP contribution < -0.4 is 18.9 Å². The number of carbonyl (C=O) groups excluding carboxylic acids is 1. The first kappa shape index (κ1) is 21.8. The van der Waals surface area contributed by atoms with Crippen LogP contribution in [0, 0.1) is 0 Å². The second-order valence-corrected chi connectivity index (χ2v) is 6.62. The van der Waals surface area contributed by atoms with Gasteiger partial charge in [0, 0.05) is 17.7 Å². The molecular weight excluding hydrogens is 396 g/mol. The van der Waals surface area contributed by atoms with Gasteiger partial charge in [-0.15, -0.1) is 0 Å². The highest BCUT2D eigenvalue weighted by Gasteiger charge is 2.11. The molecule has 31 heavy (non-hydrogen) atoms. The Morgan fingerprint density at radius 3 is 1.97 bits per heavy atom. The highest BCUT2D eigenvalue weighted by molar-refractivity contribution is 6.07. The maximum absolute atomic E-state index is 12.6. The average Bonchev–Trinajstić information content (AvgIpc) is 2.81. The molecule has 0 radical (unpaired) electrons. The van der Waals surface area contributed by atoms with E-state index in [1.807, 2.05) is 24.3 Å². The van der Waals surface area contributed by atoms with Crippen molar-refractivity contribution >= 4 is 11.9 Å². The topological polar surface area (TPSA) is 74.2 Å². The van der Waals surface area contributed by atoms with Crippen molar-refractivity contribution in [1.82, 2.24) is 0 Å². The molecular formula is C25H24O6. The van der Waals surface area contributed by atoms with Gasteiger partial charge in [-0.25, -0.2) is 0 Å². The van der Waals surface area contributed by atoms with Crippen molar-refractivity contribution in [2.45, 2.75) is 6.61 Å². The van der Waals surface area contributed by atoms with Gasteiger partial charge in [-0.1, -0.05) is 12.1 Å². The minimum atomic E-state index is -0.182. The summed E-state index contributed by atoms with van der Waals surface area (Å²) in [6.07, 6.45) is 3.04. The fourth-order valence-corrected chi connectivity index (χ4v) is 2.95. The number of rotatable bonds is 9. The molecule has 0 fully saturated rings. The van der Waals surface area contributed by atoms with Crippen LogP contribution in [0.15, 0.2) is 66.7 Å². The quantitative estimate of drug-likeness (QED) is 0.392. The van der Waals surface area contributed by atoms with E-state index in [0.717, 1.165) is 11.3 Å². The van der Waals surface area contributed by atoms with Gasteiger partial charge in [0.1, 0.15) is 35.4 Å². The van der Waals surface area contributed by atoms with E-state index in [2.05, 4.69) is 0 Å². The van der Waals surface area contributed by atoms with E-state index >= 15 is 0 Å². The molecule has 0 atom stereocenters. The van der Waals surface area contributed by atoms with Crippen molar-refractivity contribution in [3.8, 4) is 28.7 Å². The van der Waals surface area contributed by atoms with E-state index in [4.69, 9.17) is 18.9 Å². The fraction of sp³-hybridized carbons (Fsp3) is 0.160. The van der Waals surface area contributed by atoms with E-state index in [-0.39, 0.29) is 11.5 Å². The van der Waals surface area contributed by atoms with Crippen LogP contribution in [-0.4, -0.2) is 32.2 Å². The van der Waals surface area contributed by atoms with E-state index in [1.54, 1.807) is 37.5 Å². The average molecular weight is 420 g/mol. The predicted octanol–water partition coefficient (Wildman–Crippen LogP) is 4.89. The van der Waals surface area contributed by atoms with Gasteiger partial charge in [0.15, 0.2) is 5.78 Å². The summed E-state index contributed by atoms with van der Waals surface area (Å²) in [4.78, 5) is 12.6. The number of phenolic OH excluding ortho intramolecular Hbond substituents is 1. The normalized spacial score (nSPS) is 10.7. The van der Waals surface area contributed by atoms with Crippen molar-refractivity contribution < 1.29 is 28.8 Å². The number of aromatic hydroxyl groups is 1. The predicted molar refractivity (Wildman–Crippen MR) is 118 cm³/mol. The van der Waals surface area contributed by atoms with E-state index in [1.165, 1.54) is 32.4 Å². The first-order valence-corrected chi connectivity index (χ1v) is 9.57. The molecule has 1 N–H and O–H groups in total. The molecule has 0 aromatic heterocycles. The lowest BCUT2D eigenvalue weighted by molar-refractivity contribution is 0.104. The molecule has 0 saturated carbocycles. The van der Waals surface area contributed by atoms with Crippen LogP contribution in [0.5, 0.6) is 28.7 Å². The summed E-state index contributed by atoms with van der Waals surface area (Å²) in [5.41, 5.74) is 2.10. The van der Waals surface area contributed by atoms with Crippen molar-refractivity contribution in [1.29, 1.82) is 0 Å². The van der Waals surface area contributed by atoms with Crippen molar-refractivity contribution in [2.24, 2.45) is 0 Å². The van der Waals surface area contributed by atoms with Crippen LogP contribution in [0.2, 0.25) is 0 Å². The third-order valence-electron chi connectivity index (χ3n) is 4.63. The van der Waals surface area contributed by atoms with Crippen molar-refractivity contribution in [2.75, 3.05) is 21.3 Å². The molecule has 3 aromatic rings. The van der Waals surface area contributed by atoms with Crippen LogP contribution in [-0.2, 0) is 6.61 Å². The summed E-state index contributed by atoms with van der Waals surface area (Å²) in [5, 5.41) is 9.73. The molecule has 0 saturated heterocycles. The molecule has 0 aliphatic carbocycles. The first-order valence-electron chi connectivity index (χ1n) is 9.57. The molecule has 0 heterocycles.